The molecular weight excluding hydrogens is 315 g/mol. The third-order valence-electron chi connectivity index (χ3n) is 4.47. The van der Waals surface area contributed by atoms with Crippen molar-refractivity contribution in [3.05, 3.63) is 42.2 Å². The van der Waals surface area contributed by atoms with Gasteiger partial charge in [0.25, 0.3) is 0 Å². The Kier molecular flexibility index (Phi) is 8.36. The molecule has 0 amide bonds. The predicted molar refractivity (Wildman–Crippen MR) is 100 cm³/mol. The maximum atomic E-state index is 14.0. The van der Waals surface area contributed by atoms with Crippen molar-refractivity contribution in [1.29, 1.82) is 0 Å². The Morgan fingerprint density at radius 1 is 0.920 bits per heavy atom. The Hall–Kier alpha value is -1.97. The summed E-state index contributed by atoms with van der Waals surface area (Å²) in [4.78, 5) is 8.18. The summed E-state index contributed by atoms with van der Waals surface area (Å²) < 4.78 is 14.0. The van der Waals surface area contributed by atoms with Crippen LogP contribution in [0.4, 0.5) is 4.39 Å². The van der Waals surface area contributed by atoms with Crippen LogP contribution >= 0.6 is 0 Å². The maximum Gasteiger partial charge on any atom is 0.159 e. The van der Waals surface area contributed by atoms with Crippen LogP contribution in [0.3, 0.4) is 0 Å². The molecule has 2 aromatic rings. The zero-order chi connectivity index (χ0) is 17.9. The molecule has 0 unspecified atom stereocenters. The molecule has 0 saturated heterocycles. The third kappa shape index (κ3) is 7.20. The molecule has 1 heterocycles. The van der Waals surface area contributed by atoms with E-state index in [2.05, 4.69) is 16.9 Å². The van der Waals surface area contributed by atoms with Gasteiger partial charge >= 0.3 is 0 Å². The topological polar surface area (TPSA) is 46.0 Å². The lowest BCUT2D eigenvalue weighted by atomic mass is 10.0. The lowest BCUT2D eigenvalue weighted by Gasteiger charge is -2.09. The van der Waals surface area contributed by atoms with Gasteiger partial charge in [-0.05, 0) is 24.8 Å². The standard InChI is InChI=1S/C21H29FN2O/c1-2-3-4-5-6-7-8-19(22)14-11-17-9-12-18(13-10-17)21-23-15-20(25)16-24-21/h9-10,12-13,15-16,19,25H,2-8,11,14H2,1H3/t19-/m1/s1. The molecule has 0 radical (unpaired) electrons. The van der Waals surface area contributed by atoms with E-state index in [0.717, 1.165) is 30.4 Å². The smallest absolute Gasteiger partial charge is 0.159 e. The van der Waals surface area contributed by atoms with E-state index in [9.17, 15) is 9.50 Å². The molecule has 1 N–H and O–H groups in total. The van der Waals surface area contributed by atoms with E-state index >= 15 is 0 Å². The molecule has 0 aliphatic carbocycles. The lowest BCUT2D eigenvalue weighted by Crippen LogP contribution is -2.02. The second kappa shape index (κ2) is 10.8. The summed E-state index contributed by atoms with van der Waals surface area (Å²) in [6.07, 6.45) is 11.3. The van der Waals surface area contributed by atoms with E-state index in [1.807, 2.05) is 24.3 Å². The zero-order valence-electron chi connectivity index (χ0n) is 15.1. The Balaban J connectivity index is 1.69. The zero-order valence-corrected chi connectivity index (χ0v) is 15.1. The summed E-state index contributed by atoms with van der Waals surface area (Å²) in [7, 11) is 0. The number of benzene rings is 1. The van der Waals surface area contributed by atoms with Crippen LogP contribution in [0.15, 0.2) is 36.7 Å². The SMILES string of the molecule is CCCCCCCC[C@@H](F)CCc1ccc(-c2ncc(O)cn2)cc1. The molecule has 0 fully saturated rings. The van der Waals surface area contributed by atoms with Crippen molar-refractivity contribution >= 4 is 0 Å². The van der Waals surface area contributed by atoms with Gasteiger partial charge in [0.1, 0.15) is 6.17 Å². The van der Waals surface area contributed by atoms with Gasteiger partial charge in [0.15, 0.2) is 11.6 Å². The van der Waals surface area contributed by atoms with Gasteiger partial charge in [-0.25, -0.2) is 14.4 Å². The molecule has 0 spiro atoms. The second-order valence-electron chi connectivity index (χ2n) is 6.65. The Bertz CT molecular complexity index is 598. The van der Waals surface area contributed by atoms with E-state index in [1.165, 1.54) is 38.1 Å². The number of aromatic hydroxyl groups is 1. The van der Waals surface area contributed by atoms with Crippen molar-refractivity contribution in [2.24, 2.45) is 0 Å². The molecule has 0 aliphatic heterocycles. The molecule has 0 aliphatic rings. The summed E-state index contributed by atoms with van der Waals surface area (Å²) in [6, 6.07) is 7.90. The number of hydrogen-bond donors (Lipinski definition) is 1. The van der Waals surface area contributed by atoms with Gasteiger partial charge < -0.3 is 5.11 Å². The number of rotatable bonds is 11. The molecule has 136 valence electrons. The van der Waals surface area contributed by atoms with Gasteiger partial charge in [-0.15, -0.1) is 0 Å². The fraction of sp³-hybridized carbons (Fsp3) is 0.524. The number of aryl methyl sites for hydroxylation is 1. The van der Waals surface area contributed by atoms with Gasteiger partial charge in [-0.3, -0.25) is 0 Å². The van der Waals surface area contributed by atoms with Gasteiger partial charge in [-0.1, -0.05) is 69.7 Å². The van der Waals surface area contributed by atoms with Gasteiger partial charge in [0.05, 0.1) is 12.4 Å². The molecule has 1 atom stereocenters. The Morgan fingerprint density at radius 3 is 2.24 bits per heavy atom. The summed E-state index contributed by atoms with van der Waals surface area (Å²) in [5, 5.41) is 9.22. The monoisotopic (exact) mass is 344 g/mol. The van der Waals surface area contributed by atoms with Crippen LogP contribution in [0.1, 0.15) is 63.9 Å². The predicted octanol–water partition coefficient (Wildman–Crippen LogP) is 5.87. The van der Waals surface area contributed by atoms with Gasteiger partial charge in [0.2, 0.25) is 0 Å². The fourth-order valence-electron chi connectivity index (χ4n) is 2.90. The minimum Gasteiger partial charge on any atom is -0.505 e. The molecule has 0 saturated carbocycles. The molecule has 1 aromatic heterocycles. The van der Waals surface area contributed by atoms with Gasteiger partial charge in [-0.2, -0.15) is 0 Å². The second-order valence-corrected chi connectivity index (χ2v) is 6.65. The number of aromatic nitrogens is 2. The van der Waals surface area contributed by atoms with E-state index in [4.69, 9.17) is 0 Å². The Labute approximate surface area is 150 Å². The molecule has 2 rings (SSSR count). The average molecular weight is 344 g/mol. The molecule has 4 heteroatoms. The maximum absolute atomic E-state index is 14.0. The highest BCUT2D eigenvalue weighted by molar-refractivity contribution is 5.55. The fourth-order valence-corrected chi connectivity index (χ4v) is 2.90. The van der Waals surface area contributed by atoms with Crippen LogP contribution in [0, 0.1) is 0 Å². The van der Waals surface area contributed by atoms with Crippen LogP contribution in [0.25, 0.3) is 11.4 Å². The number of hydrogen-bond acceptors (Lipinski definition) is 3. The van der Waals surface area contributed by atoms with Crippen molar-refractivity contribution in [3.8, 4) is 17.1 Å². The first-order chi connectivity index (χ1) is 12.2. The van der Waals surface area contributed by atoms with Crippen molar-refractivity contribution in [3.63, 3.8) is 0 Å². The lowest BCUT2D eigenvalue weighted by molar-refractivity contribution is 0.287. The molecule has 3 nitrogen and oxygen atoms in total. The molecular formula is C21H29FN2O. The first-order valence-electron chi connectivity index (χ1n) is 9.43. The molecule has 25 heavy (non-hydrogen) atoms. The quantitative estimate of drug-likeness (QED) is 0.518. The number of unbranched alkanes of at least 4 members (excludes halogenated alkanes) is 5. The van der Waals surface area contributed by atoms with Crippen molar-refractivity contribution in [2.75, 3.05) is 0 Å². The highest BCUT2D eigenvalue weighted by Gasteiger charge is 2.07. The minimum absolute atomic E-state index is 0.0553. The van der Waals surface area contributed by atoms with Crippen molar-refractivity contribution in [2.45, 2.75) is 70.9 Å². The van der Waals surface area contributed by atoms with Crippen LogP contribution in [0.5, 0.6) is 5.75 Å². The van der Waals surface area contributed by atoms with Gasteiger partial charge in [0, 0.05) is 5.56 Å². The summed E-state index contributed by atoms with van der Waals surface area (Å²) in [6.45, 7) is 2.21. The molecule has 1 aromatic carbocycles. The normalized spacial score (nSPS) is 12.2. The highest BCUT2D eigenvalue weighted by Crippen LogP contribution is 2.19. The number of nitrogens with zero attached hydrogens (tertiary/aromatic N) is 2. The van der Waals surface area contributed by atoms with Crippen LogP contribution in [0.2, 0.25) is 0 Å². The van der Waals surface area contributed by atoms with Crippen LogP contribution in [-0.4, -0.2) is 21.2 Å². The summed E-state index contributed by atoms with van der Waals surface area (Å²) in [5.74, 6) is 0.635. The van der Waals surface area contributed by atoms with Crippen LogP contribution < -0.4 is 0 Å². The van der Waals surface area contributed by atoms with E-state index in [1.54, 1.807) is 0 Å². The van der Waals surface area contributed by atoms with Crippen molar-refractivity contribution < 1.29 is 9.50 Å². The minimum atomic E-state index is -0.703. The Morgan fingerprint density at radius 2 is 1.56 bits per heavy atom. The third-order valence-corrected chi connectivity index (χ3v) is 4.47. The van der Waals surface area contributed by atoms with E-state index < -0.39 is 6.17 Å². The number of alkyl halides is 1. The summed E-state index contributed by atoms with van der Waals surface area (Å²) >= 11 is 0. The highest BCUT2D eigenvalue weighted by atomic mass is 19.1. The number of halogens is 1. The molecule has 0 bridgehead atoms. The largest absolute Gasteiger partial charge is 0.505 e. The first-order valence-corrected chi connectivity index (χ1v) is 9.43. The average Bonchev–Trinajstić information content (AvgIpc) is 2.64. The van der Waals surface area contributed by atoms with Crippen LogP contribution in [-0.2, 0) is 6.42 Å². The van der Waals surface area contributed by atoms with E-state index in [-0.39, 0.29) is 5.75 Å². The summed E-state index contributed by atoms with van der Waals surface area (Å²) in [5.41, 5.74) is 2.03. The van der Waals surface area contributed by atoms with E-state index in [0.29, 0.717) is 18.7 Å². The first kappa shape index (κ1) is 19.4. The van der Waals surface area contributed by atoms with Crippen molar-refractivity contribution in [1.82, 2.24) is 9.97 Å².